The number of carbonyl (C=O) groups is 1. The molecule has 1 aliphatic carbocycles. The Morgan fingerprint density at radius 3 is 2.83 bits per heavy atom. The second kappa shape index (κ2) is 8.86. The average molecular weight is 410 g/mol. The van der Waals surface area contributed by atoms with Crippen LogP contribution < -0.4 is 16.1 Å². The van der Waals surface area contributed by atoms with Gasteiger partial charge in [0.25, 0.3) is 0 Å². The van der Waals surface area contributed by atoms with Crippen LogP contribution in [0.1, 0.15) is 32.1 Å². The number of nitrogens with zero attached hydrogens (tertiary/aromatic N) is 3. The molecule has 1 aromatic carbocycles. The highest BCUT2D eigenvalue weighted by molar-refractivity contribution is 6.36. The molecule has 1 saturated carbocycles. The second-order valence-electron chi connectivity index (χ2n) is 7.70. The summed E-state index contributed by atoms with van der Waals surface area (Å²) in [6.07, 6.45) is 6.82. The molecule has 2 N–H and O–H groups in total. The third-order valence-electron chi connectivity index (χ3n) is 5.20. The van der Waals surface area contributed by atoms with E-state index in [1.54, 1.807) is 0 Å². The van der Waals surface area contributed by atoms with E-state index in [1.165, 1.54) is 12.8 Å². The zero-order valence-electron chi connectivity index (χ0n) is 16.6. The van der Waals surface area contributed by atoms with Gasteiger partial charge in [0, 0.05) is 42.4 Å². The summed E-state index contributed by atoms with van der Waals surface area (Å²) in [6, 6.07) is 9.70. The van der Waals surface area contributed by atoms with Crippen LogP contribution in [0.15, 0.2) is 36.5 Å². The molecule has 1 aliphatic rings. The predicted molar refractivity (Wildman–Crippen MR) is 120 cm³/mol. The summed E-state index contributed by atoms with van der Waals surface area (Å²) in [5, 5.41) is 11.6. The number of benzene rings is 1. The van der Waals surface area contributed by atoms with Gasteiger partial charge in [-0.1, -0.05) is 29.8 Å². The van der Waals surface area contributed by atoms with Gasteiger partial charge in [0.15, 0.2) is 5.65 Å². The summed E-state index contributed by atoms with van der Waals surface area (Å²) < 4.78 is 1.83. The predicted octanol–water partition coefficient (Wildman–Crippen LogP) is 2.42. The minimum absolute atomic E-state index is 0.188. The molecule has 29 heavy (non-hydrogen) atoms. The minimum Gasteiger partial charge on any atom is -0.370 e. The fourth-order valence-electron chi connectivity index (χ4n) is 3.36. The van der Waals surface area contributed by atoms with Crippen molar-refractivity contribution in [2.24, 2.45) is 5.92 Å². The zero-order valence-corrected chi connectivity index (χ0v) is 17.4. The van der Waals surface area contributed by atoms with Crippen molar-refractivity contribution in [2.45, 2.75) is 32.1 Å². The van der Waals surface area contributed by atoms with Crippen LogP contribution >= 0.6 is 11.6 Å². The van der Waals surface area contributed by atoms with E-state index < -0.39 is 0 Å². The van der Waals surface area contributed by atoms with Crippen molar-refractivity contribution in [1.29, 1.82) is 0 Å². The average Bonchev–Trinajstić information content (AvgIpc) is 3.45. The van der Waals surface area contributed by atoms with Crippen LogP contribution in [0, 0.1) is 5.92 Å². The molecule has 1 fully saturated rings. The molecule has 3 aromatic rings. The first kappa shape index (κ1) is 19.8. The Bertz CT molecular complexity index is 1020. The molecule has 0 radical (unpaired) electrons. The Morgan fingerprint density at radius 2 is 2.03 bits per heavy atom. The SMILES string of the molecule is Bc1cnn2c(NCCCCNC(=O)CC3CC3)cc(-c3ccccc3Cl)nc12. The Labute approximate surface area is 176 Å². The number of hydrogen-bond acceptors (Lipinski definition) is 4. The molecule has 0 unspecified atom stereocenters. The van der Waals surface area contributed by atoms with E-state index in [-0.39, 0.29) is 5.91 Å². The van der Waals surface area contributed by atoms with Crippen molar-refractivity contribution in [3.05, 3.63) is 41.6 Å². The highest BCUT2D eigenvalue weighted by atomic mass is 35.5. The van der Waals surface area contributed by atoms with Crippen molar-refractivity contribution < 1.29 is 4.79 Å². The summed E-state index contributed by atoms with van der Waals surface area (Å²) in [5.41, 5.74) is 3.55. The van der Waals surface area contributed by atoms with Gasteiger partial charge in [0.05, 0.1) is 5.69 Å². The summed E-state index contributed by atoms with van der Waals surface area (Å²) in [7, 11) is 2.00. The van der Waals surface area contributed by atoms with E-state index >= 15 is 0 Å². The molecule has 0 saturated heterocycles. The first-order chi connectivity index (χ1) is 14.1. The molecule has 2 aromatic heterocycles. The fourth-order valence-corrected chi connectivity index (χ4v) is 3.59. The van der Waals surface area contributed by atoms with Crippen molar-refractivity contribution in [2.75, 3.05) is 18.4 Å². The number of anilines is 1. The van der Waals surface area contributed by atoms with Crippen LogP contribution in [-0.2, 0) is 4.79 Å². The van der Waals surface area contributed by atoms with Crippen LogP contribution in [0.2, 0.25) is 5.02 Å². The van der Waals surface area contributed by atoms with Crippen LogP contribution in [0.5, 0.6) is 0 Å². The van der Waals surface area contributed by atoms with Gasteiger partial charge in [0.2, 0.25) is 5.91 Å². The van der Waals surface area contributed by atoms with Gasteiger partial charge in [-0.3, -0.25) is 4.79 Å². The maximum absolute atomic E-state index is 11.7. The van der Waals surface area contributed by atoms with E-state index in [0.29, 0.717) is 17.4 Å². The van der Waals surface area contributed by atoms with Gasteiger partial charge >= 0.3 is 0 Å². The maximum Gasteiger partial charge on any atom is 0.220 e. The largest absolute Gasteiger partial charge is 0.370 e. The number of amides is 1. The fraction of sp³-hybridized carbons (Fsp3) is 0.381. The Morgan fingerprint density at radius 1 is 1.24 bits per heavy atom. The molecule has 150 valence electrons. The summed E-state index contributed by atoms with van der Waals surface area (Å²) in [6.45, 7) is 1.52. The molecule has 0 bridgehead atoms. The maximum atomic E-state index is 11.7. The number of hydrogen-bond donors (Lipinski definition) is 2. The third-order valence-corrected chi connectivity index (χ3v) is 5.53. The summed E-state index contributed by atoms with van der Waals surface area (Å²) in [4.78, 5) is 16.5. The van der Waals surface area contributed by atoms with Crippen molar-refractivity contribution in [1.82, 2.24) is 19.9 Å². The molecule has 0 spiro atoms. The Balaban J connectivity index is 1.39. The highest BCUT2D eigenvalue weighted by Gasteiger charge is 2.23. The standard InChI is InChI=1S/C21H25BClN5O/c22-16-13-26-28-19(24-9-3-4-10-25-20(29)11-14-7-8-14)12-18(27-21(16)28)15-5-1-2-6-17(15)23/h1-2,5-6,12-14,24H,3-4,7-11,22H2,(H,25,29). The van der Waals surface area contributed by atoms with Crippen LogP contribution in [0.3, 0.4) is 0 Å². The number of halogens is 1. The molecule has 8 heteroatoms. The lowest BCUT2D eigenvalue weighted by Gasteiger charge is -2.12. The molecule has 0 atom stereocenters. The smallest absolute Gasteiger partial charge is 0.220 e. The normalized spacial score (nSPS) is 13.6. The molecular weight excluding hydrogens is 385 g/mol. The number of unbranched alkanes of at least 4 members (excludes halogenated alkanes) is 1. The Hall–Kier alpha value is -2.54. The summed E-state index contributed by atoms with van der Waals surface area (Å²) >= 11 is 6.38. The van der Waals surface area contributed by atoms with Gasteiger partial charge < -0.3 is 10.6 Å². The van der Waals surface area contributed by atoms with E-state index in [4.69, 9.17) is 16.6 Å². The lowest BCUT2D eigenvalue weighted by atomic mass is 10.0. The minimum atomic E-state index is 0.188. The first-order valence-corrected chi connectivity index (χ1v) is 10.6. The lowest BCUT2D eigenvalue weighted by Crippen LogP contribution is -2.25. The monoisotopic (exact) mass is 409 g/mol. The van der Waals surface area contributed by atoms with E-state index in [9.17, 15) is 4.79 Å². The summed E-state index contributed by atoms with van der Waals surface area (Å²) in [5.74, 6) is 1.71. The van der Waals surface area contributed by atoms with Gasteiger partial charge in [-0.15, -0.1) is 0 Å². The van der Waals surface area contributed by atoms with Crippen molar-refractivity contribution in [3.63, 3.8) is 0 Å². The third kappa shape index (κ3) is 4.91. The van der Waals surface area contributed by atoms with Crippen molar-refractivity contribution >= 4 is 42.3 Å². The number of rotatable bonds is 9. The number of fused-ring (bicyclic) bond motifs is 1. The number of nitrogens with one attached hydrogen (secondary N) is 2. The molecular formula is C21H25BClN5O. The quantitative estimate of drug-likeness (QED) is 0.420. The van der Waals surface area contributed by atoms with Crippen LogP contribution in [-0.4, -0.2) is 41.4 Å². The number of carbonyl (C=O) groups excluding carboxylic acids is 1. The van der Waals surface area contributed by atoms with E-state index in [1.807, 2.05) is 48.9 Å². The molecule has 1 amide bonds. The van der Waals surface area contributed by atoms with E-state index in [2.05, 4.69) is 15.7 Å². The molecule has 0 aliphatic heterocycles. The number of aromatic nitrogens is 3. The lowest BCUT2D eigenvalue weighted by molar-refractivity contribution is -0.121. The van der Waals surface area contributed by atoms with Crippen molar-refractivity contribution in [3.8, 4) is 11.3 Å². The van der Waals surface area contributed by atoms with Gasteiger partial charge in [0.1, 0.15) is 13.7 Å². The zero-order chi connectivity index (χ0) is 20.2. The van der Waals surface area contributed by atoms with Gasteiger partial charge in [-0.05, 0) is 43.1 Å². The highest BCUT2D eigenvalue weighted by Crippen LogP contribution is 2.32. The van der Waals surface area contributed by atoms with Crippen LogP contribution in [0.4, 0.5) is 5.82 Å². The molecule has 2 heterocycles. The molecule has 6 nitrogen and oxygen atoms in total. The van der Waals surface area contributed by atoms with Gasteiger partial charge in [-0.25, -0.2) is 4.98 Å². The Kier molecular flexibility index (Phi) is 6.04. The molecule has 4 rings (SSSR count). The van der Waals surface area contributed by atoms with Gasteiger partial charge in [-0.2, -0.15) is 9.61 Å². The van der Waals surface area contributed by atoms with E-state index in [0.717, 1.165) is 54.1 Å². The first-order valence-electron chi connectivity index (χ1n) is 10.2. The second-order valence-corrected chi connectivity index (χ2v) is 8.11. The topological polar surface area (TPSA) is 71.3 Å². The van der Waals surface area contributed by atoms with Crippen LogP contribution in [0.25, 0.3) is 16.9 Å².